The summed E-state index contributed by atoms with van der Waals surface area (Å²) in [6, 6.07) is 5.49. The van der Waals surface area contributed by atoms with E-state index in [-0.39, 0.29) is 17.3 Å². The highest BCUT2D eigenvalue weighted by atomic mass is 19.1. The Morgan fingerprint density at radius 1 is 1.40 bits per heavy atom. The quantitative estimate of drug-likeness (QED) is 0.918. The van der Waals surface area contributed by atoms with Crippen LogP contribution in [0.2, 0.25) is 0 Å². The maximum atomic E-state index is 14.0. The molecule has 110 valence electrons. The van der Waals surface area contributed by atoms with Crippen LogP contribution in [0.1, 0.15) is 42.1 Å². The molecule has 1 saturated heterocycles. The normalized spacial score (nSPS) is 16.4. The maximum Gasteiger partial charge on any atom is 0.256 e. The summed E-state index contributed by atoms with van der Waals surface area (Å²) in [5, 5.41) is 3.48. The Kier molecular flexibility index (Phi) is 5.12. The summed E-state index contributed by atoms with van der Waals surface area (Å²) < 4.78 is 14.0. The number of halogens is 1. The number of carbonyl (C=O) groups excluding carboxylic acids is 1. The van der Waals surface area contributed by atoms with Gasteiger partial charge in [-0.05, 0) is 44.4 Å². The van der Waals surface area contributed by atoms with E-state index in [1.165, 1.54) is 0 Å². The Balaban J connectivity index is 1.96. The standard InChI is InChI=1S/C16H23FN2O/c1-3-9-18-13-7-10-19(11-8-13)16(20)14-6-4-5-12(2)15(14)17/h4-6,13,18H,3,7-11H2,1-2H3. The van der Waals surface area contributed by atoms with Crippen molar-refractivity contribution < 1.29 is 9.18 Å². The number of hydrogen-bond acceptors (Lipinski definition) is 2. The van der Waals surface area contributed by atoms with Gasteiger partial charge in [-0.15, -0.1) is 0 Å². The summed E-state index contributed by atoms with van der Waals surface area (Å²) in [6.07, 6.45) is 3.01. The molecule has 20 heavy (non-hydrogen) atoms. The summed E-state index contributed by atoms with van der Waals surface area (Å²) in [5.74, 6) is -0.566. The average molecular weight is 278 g/mol. The molecule has 0 saturated carbocycles. The van der Waals surface area contributed by atoms with Crippen molar-refractivity contribution in [1.29, 1.82) is 0 Å². The number of nitrogens with zero attached hydrogens (tertiary/aromatic N) is 1. The molecule has 1 amide bonds. The van der Waals surface area contributed by atoms with Crippen LogP contribution < -0.4 is 5.32 Å². The van der Waals surface area contributed by atoms with E-state index in [2.05, 4.69) is 12.2 Å². The number of piperidine rings is 1. The van der Waals surface area contributed by atoms with Crippen molar-refractivity contribution in [2.45, 2.75) is 39.2 Å². The van der Waals surface area contributed by atoms with Crippen molar-refractivity contribution in [3.05, 3.63) is 35.1 Å². The maximum absolute atomic E-state index is 14.0. The van der Waals surface area contributed by atoms with Crippen LogP contribution in [0.4, 0.5) is 4.39 Å². The predicted molar refractivity (Wildman–Crippen MR) is 78.4 cm³/mol. The fraction of sp³-hybridized carbons (Fsp3) is 0.562. The third-order valence-electron chi connectivity index (χ3n) is 3.89. The van der Waals surface area contributed by atoms with E-state index in [4.69, 9.17) is 0 Å². The van der Waals surface area contributed by atoms with Gasteiger partial charge in [0.15, 0.2) is 0 Å². The molecule has 1 heterocycles. The number of nitrogens with one attached hydrogen (secondary N) is 1. The largest absolute Gasteiger partial charge is 0.338 e. The molecular formula is C16H23FN2O. The van der Waals surface area contributed by atoms with E-state index < -0.39 is 0 Å². The molecule has 0 bridgehead atoms. The first-order valence-electron chi connectivity index (χ1n) is 7.41. The second-order valence-electron chi connectivity index (χ2n) is 5.46. The highest BCUT2D eigenvalue weighted by Crippen LogP contribution is 2.18. The fourth-order valence-electron chi connectivity index (χ4n) is 2.62. The van der Waals surface area contributed by atoms with Gasteiger partial charge in [0.1, 0.15) is 5.82 Å². The molecule has 0 unspecified atom stereocenters. The SMILES string of the molecule is CCCNC1CCN(C(=O)c2cccc(C)c2F)CC1. The Morgan fingerprint density at radius 2 is 2.10 bits per heavy atom. The molecule has 1 aromatic rings. The highest BCUT2D eigenvalue weighted by Gasteiger charge is 2.25. The first-order valence-corrected chi connectivity index (χ1v) is 7.41. The molecule has 2 rings (SSSR count). The van der Waals surface area contributed by atoms with Crippen LogP contribution in [0.25, 0.3) is 0 Å². The molecule has 3 nitrogen and oxygen atoms in total. The third kappa shape index (κ3) is 3.37. The van der Waals surface area contributed by atoms with Crippen molar-refractivity contribution in [2.75, 3.05) is 19.6 Å². The smallest absolute Gasteiger partial charge is 0.256 e. The molecule has 1 fully saturated rings. The number of aryl methyl sites for hydroxylation is 1. The summed E-state index contributed by atoms with van der Waals surface area (Å²) in [4.78, 5) is 14.1. The zero-order valence-corrected chi connectivity index (χ0v) is 12.3. The van der Waals surface area contributed by atoms with Gasteiger partial charge in [-0.2, -0.15) is 0 Å². The molecule has 0 aromatic heterocycles. The van der Waals surface area contributed by atoms with E-state index in [9.17, 15) is 9.18 Å². The van der Waals surface area contributed by atoms with Crippen molar-refractivity contribution in [1.82, 2.24) is 10.2 Å². The number of benzene rings is 1. The monoisotopic (exact) mass is 278 g/mol. The van der Waals surface area contributed by atoms with Gasteiger partial charge in [-0.25, -0.2) is 4.39 Å². The Bertz CT molecular complexity index is 468. The lowest BCUT2D eigenvalue weighted by Crippen LogP contribution is -2.45. The van der Waals surface area contributed by atoms with Crippen LogP contribution in [0.5, 0.6) is 0 Å². The number of carbonyl (C=O) groups is 1. The van der Waals surface area contributed by atoms with E-state index in [1.54, 1.807) is 30.0 Å². The van der Waals surface area contributed by atoms with Gasteiger partial charge < -0.3 is 10.2 Å². The second kappa shape index (κ2) is 6.84. The van der Waals surface area contributed by atoms with Crippen molar-refractivity contribution in [3.63, 3.8) is 0 Å². The molecule has 0 spiro atoms. The topological polar surface area (TPSA) is 32.3 Å². The van der Waals surface area contributed by atoms with Gasteiger partial charge in [0, 0.05) is 19.1 Å². The lowest BCUT2D eigenvalue weighted by atomic mass is 10.0. The van der Waals surface area contributed by atoms with E-state index >= 15 is 0 Å². The van der Waals surface area contributed by atoms with Crippen LogP contribution >= 0.6 is 0 Å². The van der Waals surface area contributed by atoms with Crippen molar-refractivity contribution in [3.8, 4) is 0 Å². The van der Waals surface area contributed by atoms with Gasteiger partial charge in [-0.3, -0.25) is 4.79 Å². The molecule has 4 heteroatoms. The number of amides is 1. The second-order valence-corrected chi connectivity index (χ2v) is 5.46. The minimum Gasteiger partial charge on any atom is -0.338 e. The number of likely N-dealkylation sites (tertiary alicyclic amines) is 1. The average Bonchev–Trinajstić information content (AvgIpc) is 2.48. The molecule has 0 atom stereocenters. The number of hydrogen-bond donors (Lipinski definition) is 1. The van der Waals surface area contributed by atoms with Crippen molar-refractivity contribution in [2.24, 2.45) is 0 Å². The van der Waals surface area contributed by atoms with Crippen molar-refractivity contribution >= 4 is 5.91 Å². The minimum absolute atomic E-state index is 0.180. The van der Waals surface area contributed by atoms with Crippen LogP contribution in [-0.4, -0.2) is 36.5 Å². The summed E-state index contributed by atoms with van der Waals surface area (Å²) >= 11 is 0. The minimum atomic E-state index is -0.385. The molecule has 1 aliphatic heterocycles. The van der Waals surface area contributed by atoms with E-state index in [0.29, 0.717) is 24.7 Å². The van der Waals surface area contributed by atoms with E-state index in [0.717, 1.165) is 25.8 Å². The third-order valence-corrected chi connectivity index (χ3v) is 3.89. The van der Waals surface area contributed by atoms with Gasteiger partial charge in [0.25, 0.3) is 5.91 Å². The Morgan fingerprint density at radius 3 is 2.75 bits per heavy atom. The molecule has 0 aliphatic carbocycles. The van der Waals surface area contributed by atoms with Crippen LogP contribution in [0.3, 0.4) is 0 Å². The number of rotatable bonds is 4. The molecular weight excluding hydrogens is 255 g/mol. The Labute approximate surface area is 120 Å². The summed E-state index contributed by atoms with van der Waals surface area (Å²) in [7, 11) is 0. The highest BCUT2D eigenvalue weighted by molar-refractivity contribution is 5.94. The van der Waals surface area contributed by atoms with Gasteiger partial charge >= 0.3 is 0 Å². The molecule has 0 radical (unpaired) electrons. The van der Waals surface area contributed by atoms with Gasteiger partial charge in [0.2, 0.25) is 0 Å². The zero-order valence-electron chi connectivity index (χ0n) is 12.3. The van der Waals surface area contributed by atoms with Crippen LogP contribution in [0.15, 0.2) is 18.2 Å². The molecule has 1 aliphatic rings. The fourth-order valence-corrected chi connectivity index (χ4v) is 2.62. The zero-order chi connectivity index (χ0) is 14.5. The molecule has 1 aromatic carbocycles. The predicted octanol–water partition coefficient (Wildman–Crippen LogP) is 2.74. The first kappa shape index (κ1) is 15.0. The van der Waals surface area contributed by atoms with Gasteiger partial charge in [0.05, 0.1) is 5.56 Å². The van der Waals surface area contributed by atoms with Gasteiger partial charge in [-0.1, -0.05) is 19.1 Å². The van der Waals surface area contributed by atoms with E-state index in [1.807, 2.05) is 0 Å². The summed E-state index contributed by atoms with van der Waals surface area (Å²) in [6.45, 7) is 6.26. The van der Waals surface area contributed by atoms with Crippen LogP contribution in [0, 0.1) is 12.7 Å². The first-order chi connectivity index (χ1) is 9.63. The van der Waals surface area contributed by atoms with Crippen LogP contribution in [-0.2, 0) is 0 Å². The lowest BCUT2D eigenvalue weighted by molar-refractivity contribution is 0.0700. The lowest BCUT2D eigenvalue weighted by Gasteiger charge is -2.32. The Hall–Kier alpha value is -1.42. The summed E-state index contributed by atoms with van der Waals surface area (Å²) in [5.41, 5.74) is 0.723. The molecule has 1 N–H and O–H groups in total.